The van der Waals surface area contributed by atoms with Crippen LogP contribution in [-0.2, 0) is 13.5 Å². The van der Waals surface area contributed by atoms with E-state index < -0.39 is 0 Å². The number of hydrogen-bond acceptors (Lipinski definition) is 3. The first-order valence-electron chi connectivity index (χ1n) is 5.42. The molecular formula is C12H15FN4. The topological polar surface area (TPSA) is 55.9 Å². The zero-order valence-corrected chi connectivity index (χ0v) is 9.65. The van der Waals surface area contributed by atoms with Gasteiger partial charge >= 0.3 is 0 Å². The largest absolute Gasteiger partial charge is 0.394 e. The number of rotatable bonds is 4. The quantitative estimate of drug-likeness (QED) is 0.848. The monoisotopic (exact) mass is 234 g/mol. The van der Waals surface area contributed by atoms with E-state index in [-0.39, 0.29) is 5.82 Å². The van der Waals surface area contributed by atoms with Crippen molar-refractivity contribution in [2.45, 2.75) is 6.42 Å². The number of aromatic nitrogens is 2. The molecule has 0 bridgehead atoms. The van der Waals surface area contributed by atoms with Gasteiger partial charge in [-0.3, -0.25) is 4.68 Å². The Labute approximate surface area is 99.2 Å². The minimum absolute atomic E-state index is 0.212. The molecule has 0 atom stereocenters. The normalized spacial score (nSPS) is 10.5. The van der Waals surface area contributed by atoms with Crippen LogP contribution >= 0.6 is 0 Å². The van der Waals surface area contributed by atoms with Crippen molar-refractivity contribution in [1.29, 1.82) is 0 Å². The Morgan fingerprint density at radius 2 is 2.06 bits per heavy atom. The molecule has 0 saturated heterocycles. The molecule has 0 unspecified atom stereocenters. The van der Waals surface area contributed by atoms with Crippen LogP contribution in [0.25, 0.3) is 0 Å². The third-order valence-corrected chi connectivity index (χ3v) is 2.48. The van der Waals surface area contributed by atoms with Crippen LogP contribution in [0, 0.1) is 5.82 Å². The van der Waals surface area contributed by atoms with Crippen molar-refractivity contribution in [1.82, 2.24) is 9.78 Å². The molecule has 5 heteroatoms. The molecule has 1 aromatic heterocycles. The standard InChI is InChI=1S/C12H15FN4/c1-17-8-11(14)12(16-17)15-7-6-9-2-4-10(13)5-3-9/h2-5,8H,6-7,14H2,1H3,(H,15,16). The molecule has 0 radical (unpaired) electrons. The van der Waals surface area contributed by atoms with Crippen molar-refractivity contribution in [2.24, 2.45) is 7.05 Å². The van der Waals surface area contributed by atoms with E-state index in [2.05, 4.69) is 10.4 Å². The highest BCUT2D eigenvalue weighted by Gasteiger charge is 2.02. The van der Waals surface area contributed by atoms with Gasteiger partial charge in [-0.25, -0.2) is 4.39 Å². The van der Waals surface area contributed by atoms with Crippen molar-refractivity contribution in [3.63, 3.8) is 0 Å². The van der Waals surface area contributed by atoms with Crippen LogP contribution in [0.2, 0.25) is 0 Å². The zero-order chi connectivity index (χ0) is 12.3. The second-order valence-corrected chi connectivity index (χ2v) is 3.91. The molecule has 0 saturated carbocycles. The van der Waals surface area contributed by atoms with Crippen LogP contribution in [0.3, 0.4) is 0 Å². The van der Waals surface area contributed by atoms with Crippen molar-refractivity contribution >= 4 is 11.5 Å². The van der Waals surface area contributed by atoms with E-state index in [1.165, 1.54) is 12.1 Å². The number of anilines is 2. The lowest BCUT2D eigenvalue weighted by Crippen LogP contribution is -2.07. The van der Waals surface area contributed by atoms with Gasteiger partial charge in [-0.05, 0) is 24.1 Å². The number of nitrogens with one attached hydrogen (secondary N) is 1. The van der Waals surface area contributed by atoms with Crippen LogP contribution in [0.4, 0.5) is 15.9 Å². The molecule has 0 fully saturated rings. The van der Waals surface area contributed by atoms with Gasteiger partial charge < -0.3 is 11.1 Å². The predicted octanol–water partition coefficient (Wildman–Crippen LogP) is 1.80. The summed E-state index contributed by atoms with van der Waals surface area (Å²) < 4.78 is 14.3. The number of nitrogens with two attached hydrogens (primary N) is 1. The fourth-order valence-corrected chi connectivity index (χ4v) is 1.62. The summed E-state index contributed by atoms with van der Waals surface area (Å²) in [6.45, 7) is 0.715. The van der Waals surface area contributed by atoms with Crippen molar-refractivity contribution in [3.05, 3.63) is 41.8 Å². The predicted molar refractivity (Wildman–Crippen MR) is 66.2 cm³/mol. The molecule has 0 amide bonds. The molecule has 4 nitrogen and oxygen atoms in total. The Balaban J connectivity index is 1.87. The molecule has 0 spiro atoms. The molecule has 0 aliphatic heterocycles. The fraction of sp³-hybridized carbons (Fsp3) is 0.250. The third-order valence-electron chi connectivity index (χ3n) is 2.48. The maximum Gasteiger partial charge on any atom is 0.171 e. The Morgan fingerprint density at radius 3 is 2.65 bits per heavy atom. The summed E-state index contributed by atoms with van der Waals surface area (Å²) in [6.07, 6.45) is 2.55. The van der Waals surface area contributed by atoms with E-state index in [1.54, 1.807) is 23.0 Å². The minimum atomic E-state index is -0.212. The molecular weight excluding hydrogens is 219 g/mol. The molecule has 3 N–H and O–H groups in total. The number of nitrogens with zero attached hydrogens (tertiary/aromatic N) is 2. The minimum Gasteiger partial charge on any atom is -0.394 e. The summed E-state index contributed by atoms with van der Waals surface area (Å²) >= 11 is 0. The Hall–Kier alpha value is -2.04. The fourth-order valence-electron chi connectivity index (χ4n) is 1.62. The van der Waals surface area contributed by atoms with E-state index in [1.807, 2.05) is 7.05 Å². The van der Waals surface area contributed by atoms with E-state index in [0.717, 1.165) is 12.0 Å². The van der Waals surface area contributed by atoms with Crippen LogP contribution in [0.5, 0.6) is 0 Å². The van der Waals surface area contributed by atoms with E-state index in [0.29, 0.717) is 18.1 Å². The molecule has 0 aliphatic carbocycles. The Morgan fingerprint density at radius 1 is 1.35 bits per heavy atom. The average Bonchev–Trinajstić information content (AvgIpc) is 2.60. The summed E-state index contributed by atoms with van der Waals surface area (Å²) in [5.41, 5.74) is 7.45. The van der Waals surface area contributed by atoms with E-state index in [9.17, 15) is 4.39 Å². The zero-order valence-electron chi connectivity index (χ0n) is 9.65. The second kappa shape index (κ2) is 4.86. The number of halogens is 1. The van der Waals surface area contributed by atoms with Crippen molar-refractivity contribution < 1.29 is 4.39 Å². The summed E-state index contributed by atoms with van der Waals surface area (Å²) in [5.74, 6) is 0.477. The molecule has 2 aromatic rings. The van der Waals surface area contributed by atoms with E-state index in [4.69, 9.17) is 5.73 Å². The lowest BCUT2D eigenvalue weighted by Gasteiger charge is -2.04. The number of benzene rings is 1. The molecule has 0 aliphatic rings. The number of nitrogen functional groups attached to an aromatic ring is 1. The summed E-state index contributed by atoms with van der Waals surface area (Å²) in [5, 5.41) is 7.32. The lowest BCUT2D eigenvalue weighted by atomic mass is 10.1. The SMILES string of the molecule is Cn1cc(N)c(NCCc2ccc(F)cc2)n1. The van der Waals surface area contributed by atoms with Gasteiger partial charge in [0.25, 0.3) is 0 Å². The van der Waals surface area contributed by atoms with Crippen LogP contribution in [-0.4, -0.2) is 16.3 Å². The highest BCUT2D eigenvalue weighted by molar-refractivity contribution is 5.59. The van der Waals surface area contributed by atoms with Gasteiger partial charge in [-0.15, -0.1) is 0 Å². The van der Waals surface area contributed by atoms with Gasteiger partial charge in [0, 0.05) is 19.8 Å². The molecule has 1 aromatic carbocycles. The average molecular weight is 234 g/mol. The second-order valence-electron chi connectivity index (χ2n) is 3.91. The van der Waals surface area contributed by atoms with Crippen LogP contribution in [0.1, 0.15) is 5.56 Å². The van der Waals surface area contributed by atoms with Gasteiger partial charge in [0.05, 0.1) is 5.69 Å². The number of aryl methyl sites for hydroxylation is 1. The van der Waals surface area contributed by atoms with Gasteiger partial charge in [-0.2, -0.15) is 5.10 Å². The van der Waals surface area contributed by atoms with E-state index >= 15 is 0 Å². The molecule has 17 heavy (non-hydrogen) atoms. The summed E-state index contributed by atoms with van der Waals surface area (Å²) in [6, 6.07) is 6.48. The highest BCUT2D eigenvalue weighted by Crippen LogP contribution is 2.14. The van der Waals surface area contributed by atoms with Crippen LogP contribution < -0.4 is 11.1 Å². The lowest BCUT2D eigenvalue weighted by molar-refractivity contribution is 0.627. The third kappa shape index (κ3) is 2.96. The molecule has 2 rings (SSSR count). The maximum absolute atomic E-state index is 12.7. The molecule has 90 valence electrons. The highest BCUT2D eigenvalue weighted by atomic mass is 19.1. The first-order valence-corrected chi connectivity index (χ1v) is 5.42. The first kappa shape index (κ1) is 11.4. The van der Waals surface area contributed by atoms with Crippen LogP contribution in [0.15, 0.2) is 30.5 Å². The van der Waals surface area contributed by atoms with Gasteiger partial charge in [0.2, 0.25) is 0 Å². The smallest absolute Gasteiger partial charge is 0.171 e. The Kier molecular flexibility index (Phi) is 3.27. The summed E-state index contributed by atoms with van der Waals surface area (Å²) in [7, 11) is 1.82. The first-order chi connectivity index (χ1) is 8.15. The van der Waals surface area contributed by atoms with Gasteiger partial charge in [-0.1, -0.05) is 12.1 Å². The van der Waals surface area contributed by atoms with Gasteiger partial charge in [0.1, 0.15) is 5.82 Å². The summed E-state index contributed by atoms with van der Waals surface area (Å²) in [4.78, 5) is 0. The van der Waals surface area contributed by atoms with Crippen molar-refractivity contribution in [3.8, 4) is 0 Å². The van der Waals surface area contributed by atoms with Crippen molar-refractivity contribution in [2.75, 3.05) is 17.6 Å². The molecule has 1 heterocycles. The maximum atomic E-state index is 12.7. The Bertz CT molecular complexity index is 490. The number of hydrogen-bond donors (Lipinski definition) is 2. The van der Waals surface area contributed by atoms with Gasteiger partial charge in [0.15, 0.2) is 5.82 Å².